The van der Waals surface area contributed by atoms with E-state index in [1.807, 2.05) is 37.3 Å². The van der Waals surface area contributed by atoms with Gasteiger partial charge in [-0.2, -0.15) is 4.72 Å². The van der Waals surface area contributed by atoms with Gasteiger partial charge in [0.15, 0.2) is 0 Å². The molecule has 1 N–H and O–H groups in total. The smallest absolute Gasteiger partial charge is 0.241 e. The summed E-state index contributed by atoms with van der Waals surface area (Å²) < 4.78 is 28.5. The molecule has 156 valence electrons. The summed E-state index contributed by atoms with van der Waals surface area (Å²) in [6.45, 7) is 7.81. The molecule has 6 nitrogen and oxygen atoms in total. The second kappa shape index (κ2) is 9.52. The quantitative estimate of drug-likeness (QED) is 0.751. The van der Waals surface area contributed by atoms with E-state index in [-0.39, 0.29) is 10.8 Å². The number of benzene rings is 2. The standard InChI is InChI=1S/C22H29N3O3S/c1-3-24-13-15-25(16-14-24)22(26)21(17-19-7-5-4-6-8-19)23-29(27,28)20-11-9-18(2)10-12-20/h4-12,21,23H,3,13-17H2,1-2H3/t21-/m1/s1. The highest BCUT2D eigenvalue weighted by Crippen LogP contribution is 2.14. The molecule has 0 radical (unpaired) electrons. The Balaban J connectivity index is 1.81. The van der Waals surface area contributed by atoms with E-state index in [0.717, 1.165) is 30.8 Å². The van der Waals surface area contributed by atoms with Gasteiger partial charge in [0, 0.05) is 26.2 Å². The van der Waals surface area contributed by atoms with Gasteiger partial charge in [-0.3, -0.25) is 4.79 Å². The lowest BCUT2D eigenvalue weighted by molar-refractivity contribution is -0.134. The summed E-state index contributed by atoms with van der Waals surface area (Å²) in [4.78, 5) is 17.5. The summed E-state index contributed by atoms with van der Waals surface area (Å²) in [5, 5.41) is 0. The van der Waals surface area contributed by atoms with Crippen molar-refractivity contribution >= 4 is 15.9 Å². The highest BCUT2D eigenvalue weighted by molar-refractivity contribution is 7.89. The molecule has 1 atom stereocenters. The number of carbonyl (C=O) groups is 1. The number of hydrogen-bond donors (Lipinski definition) is 1. The zero-order valence-corrected chi connectivity index (χ0v) is 17.9. The van der Waals surface area contributed by atoms with Crippen LogP contribution in [-0.4, -0.2) is 62.9 Å². The van der Waals surface area contributed by atoms with Crippen LogP contribution >= 0.6 is 0 Å². The minimum absolute atomic E-state index is 0.166. The zero-order chi connectivity index (χ0) is 20.9. The Labute approximate surface area is 173 Å². The van der Waals surface area contributed by atoms with Crippen molar-refractivity contribution in [3.63, 3.8) is 0 Å². The van der Waals surface area contributed by atoms with Crippen LogP contribution in [0.2, 0.25) is 0 Å². The molecule has 1 aliphatic rings. The lowest BCUT2D eigenvalue weighted by Crippen LogP contribution is -2.55. The largest absolute Gasteiger partial charge is 0.339 e. The molecule has 3 rings (SSSR count). The molecule has 1 saturated heterocycles. The molecule has 0 spiro atoms. The van der Waals surface area contributed by atoms with Gasteiger partial charge in [-0.05, 0) is 37.6 Å². The molecule has 0 saturated carbocycles. The van der Waals surface area contributed by atoms with Gasteiger partial charge in [0.2, 0.25) is 15.9 Å². The fraction of sp³-hybridized carbons (Fsp3) is 0.409. The van der Waals surface area contributed by atoms with Gasteiger partial charge in [0.05, 0.1) is 4.90 Å². The predicted molar refractivity (Wildman–Crippen MR) is 114 cm³/mol. The van der Waals surface area contributed by atoms with E-state index >= 15 is 0 Å². The number of likely N-dealkylation sites (N-methyl/N-ethyl adjacent to an activating group) is 1. The van der Waals surface area contributed by atoms with Crippen molar-refractivity contribution < 1.29 is 13.2 Å². The van der Waals surface area contributed by atoms with Crippen LogP contribution in [0.15, 0.2) is 59.5 Å². The van der Waals surface area contributed by atoms with Crippen molar-refractivity contribution in [2.75, 3.05) is 32.7 Å². The molecule has 1 fully saturated rings. The van der Waals surface area contributed by atoms with E-state index in [0.29, 0.717) is 19.5 Å². The molecule has 1 amide bonds. The van der Waals surface area contributed by atoms with Crippen molar-refractivity contribution in [1.82, 2.24) is 14.5 Å². The molecular formula is C22H29N3O3S. The number of rotatable bonds is 7. The maximum absolute atomic E-state index is 13.2. The molecule has 7 heteroatoms. The number of carbonyl (C=O) groups excluding carboxylic acids is 1. The van der Waals surface area contributed by atoms with Crippen LogP contribution in [0.5, 0.6) is 0 Å². The Morgan fingerprint density at radius 1 is 1.00 bits per heavy atom. The lowest BCUT2D eigenvalue weighted by atomic mass is 10.1. The fourth-order valence-electron chi connectivity index (χ4n) is 3.51. The summed E-state index contributed by atoms with van der Waals surface area (Å²) in [6.07, 6.45) is 0.318. The maximum atomic E-state index is 13.2. The third kappa shape index (κ3) is 5.65. The van der Waals surface area contributed by atoms with E-state index in [1.54, 1.807) is 29.2 Å². The van der Waals surface area contributed by atoms with Crippen molar-refractivity contribution in [3.05, 3.63) is 65.7 Å². The number of hydrogen-bond acceptors (Lipinski definition) is 4. The molecule has 1 heterocycles. The van der Waals surface area contributed by atoms with Crippen molar-refractivity contribution in [3.8, 4) is 0 Å². The average Bonchev–Trinajstić information content (AvgIpc) is 2.74. The van der Waals surface area contributed by atoms with Crippen molar-refractivity contribution in [1.29, 1.82) is 0 Å². The van der Waals surface area contributed by atoms with Crippen LogP contribution in [0.1, 0.15) is 18.1 Å². The number of sulfonamides is 1. The minimum atomic E-state index is -3.80. The van der Waals surface area contributed by atoms with Gasteiger partial charge < -0.3 is 9.80 Å². The third-order valence-electron chi connectivity index (χ3n) is 5.34. The first kappa shape index (κ1) is 21.5. The Morgan fingerprint density at radius 3 is 2.21 bits per heavy atom. The van der Waals surface area contributed by atoms with Gasteiger partial charge in [-0.15, -0.1) is 0 Å². The van der Waals surface area contributed by atoms with Crippen LogP contribution in [0.25, 0.3) is 0 Å². The molecule has 0 aliphatic carbocycles. The third-order valence-corrected chi connectivity index (χ3v) is 6.83. The molecule has 0 bridgehead atoms. The first-order valence-corrected chi connectivity index (χ1v) is 11.5. The first-order valence-electron chi connectivity index (χ1n) is 10.0. The first-order chi connectivity index (χ1) is 13.9. The van der Waals surface area contributed by atoms with Crippen LogP contribution in [0.3, 0.4) is 0 Å². The summed E-state index contributed by atoms with van der Waals surface area (Å²) in [5.74, 6) is -0.166. The number of amides is 1. The van der Waals surface area contributed by atoms with E-state index in [4.69, 9.17) is 0 Å². The second-order valence-corrected chi connectivity index (χ2v) is 9.15. The summed E-state index contributed by atoms with van der Waals surface area (Å²) in [5.41, 5.74) is 1.90. The van der Waals surface area contributed by atoms with Gasteiger partial charge in [-0.25, -0.2) is 8.42 Å². The number of piperazine rings is 1. The average molecular weight is 416 g/mol. The van der Waals surface area contributed by atoms with Gasteiger partial charge in [0.1, 0.15) is 6.04 Å². The zero-order valence-electron chi connectivity index (χ0n) is 17.0. The maximum Gasteiger partial charge on any atom is 0.241 e. The summed E-state index contributed by atoms with van der Waals surface area (Å²) in [7, 11) is -3.80. The highest BCUT2D eigenvalue weighted by Gasteiger charge is 2.31. The van der Waals surface area contributed by atoms with E-state index < -0.39 is 16.1 Å². The highest BCUT2D eigenvalue weighted by atomic mass is 32.2. The Morgan fingerprint density at radius 2 is 1.62 bits per heavy atom. The van der Waals surface area contributed by atoms with Crippen molar-refractivity contribution in [2.45, 2.75) is 31.2 Å². The van der Waals surface area contributed by atoms with Gasteiger partial charge in [0.25, 0.3) is 0 Å². The number of nitrogens with zero attached hydrogens (tertiary/aromatic N) is 2. The molecule has 0 aromatic heterocycles. The number of aryl methyl sites for hydroxylation is 1. The Kier molecular flexibility index (Phi) is 7.05. The van der Waals surface area contributed by atoms with Crippen molar-refractivity contribution in [2.24, 2.45) is 0 Å². The minimum Gasteiger partial charge on any atom is -0.339 e. The topological polar surface area (TPSA) is 69.7 Å². The molecular weight excluding hydrogens is 386 g/mol. The summed E-state index contributed by atoms with van der Waals surface area (Å²) >= 11 is 0. The van der Waals surface area contributed by atoms with E-state index in [2.05, 4.69) is 16.5 Å². The van der Waals surface area contributed by atoms with Crippen LogP contribution in [0.4, 0.5) is 0 Å². The lowest BCUT2D eigenvalue weighted by Gasteiger charge is -2.36. The van der Waals surface area contributed by atoms with E-state index in [1.165, 1.54) is 0 Å². The predicted octanol–water partition coefficient (Wildman–Crippen LogP) is 2.05. The number of nitrogens with one attached hydrogen (secondary N) is 1. The van der Waals surface area contributed by atoms with Crippen LogP contribution in [0, 0.1) is 6.92 Å². The van der Waals surface area contributed by atoms with Crippen LogP contribution < -0.4 is 4.72 Å². The molecule has 29 heavy (non-hydrogen) atoms. The SMILES string of the molecule is CCN1CCN(C(=O)[C@@H](Cc2ccccc2)NS(=O)(=O)c2ccc(C)cc2)CC1. The van der Waals surface area contributed by atoms with Gasteiger partial charge in [-0.1, -0.05) is 55.0 Å². The Hall–Kier alpha value is -2.22. The van der Waals surface area contributed by atoms with Gasteiger partial charge >= 0.3 is 0 Å². The molecule has 2 aromatic rings. The second-order valence-electron chi connectivity index (χ2n) is 7.44. The molecule has 2 aromatic carbocycles. The van der Waals surface area contributed by atoms with E-state index in [9.17, 15) is 13.2 Å². The monoisotopic (exact) mass is 415 g/mol. The fourth-order valence-corrected chi connectivity index (χ4v) is 4.70. The van der Waals surface area contributed by atoms with Crippen LogP contribution in [-0.2, 0) is 21.2 Å². The normalized spacial score (nSPS) is 16.6. The summed E-state index contributed by atoms with van der Waals surface area (Å²) in [6, 6.07) is 15.3. The molecule has 1 aliphatic heterocycles. The molecule has 0 unspecified atom stereocenters. The Bertz CT molecular complexity index is 906.